The van der Waals surface area contributed by atoms with Crippen LogP contribution in [0.1, 0.15) is 0 Å². The van der Waals surface area contributed by atoms with Gasteiger partial charge in [-0.25, -0.2) is 18.1 Å². The summed E-state index contributed by atoms with van der Waals surface area (Å²) >= 11 is 0. The SMILES string of the molecule is Nc1ccncc1S(=O)(=O)NCCn1ccnc1. The average Bonchev–Trinajstić information content (AvgIpc) is 2.82. The lowest BCUT2D eigenvalue weighted by molar-refractivity contribution is 0.573. The lowest BCUT2D eigenvalue weighted by Crippen LogP contribution is -2.28. The Morgan fingerprint density at radius 3 is 2.83 bits per heavy atom. The number of imidazole rings is 1. The molecule has 0 saturated heterocycles. The number of sulfonamides is 1. The van der Waals surface area contributed by atoms with Crippen molar-refractivity contribution in [1.29, 1.82) is 0 Å². The molecule has 3 N–H and O–H groups in total. The fourth-order valence-electron chi connectivity index (χ4n) is 1.42. The monoisotopic (exact) mass is 267 g/mol. The van der Waals surface area contributed by atoms with Gasteiger partial charge in [-0.3, -0.25) is 4.98 Å². The number of nitrogen functional groups attached to an aromatic ring is 1. The second kappa shape index (κ2) is 5.15. The fraction of sp³-hybridized carbons (Fsp3) is 0.200. The molecule has 2 aromatic rings. The zero-order valence-electron chi connectivity index (χ0n) is 9.52. The van der Waals surface area contributed by atoms with E-state index in [9.17, 15) is 8.42 Å². The topological polar surface area (TPSA) is 103 Å². The number of nitrogens with zero attached hydrogens (tertiary/aromatic N) is 3. The third kappa shape index (κ3) is 2.84. The first-order valence-corrected chi connectivity index (χ1v) is 6.73. The molecule has 0 unspecified atom stereocenters. The van der Waals surface area contributed by atoms with Gasteiger partial charge in [0.05, 0.1) is 12.0 Å². The van der Waals surface area contributed by atoms with Gasteiger partial charge in [0.2, 0.25) is 10.0 Å². The maximum Gasteiger partial charge on any atom is 0.244 e. The van der Waals surface area contributed by atoms with Crippen LogP contribution in [0.25, 0.3) is 0 Å². The van der Waals surface area contributed by atoms with Crippen LogP contribution in [0.5, 0.6) is 0 Å². The molecule has 0 aliphatic heterocycles. The Morgan fingerprint density at radius 1 is 1.33 bits per heavy atom. The molecule has 0 atom stereocenters. The Balaban J connectivity index is 2.02. The zero-order chi connectivity index (χ0) is 13.0. The van der Waals surface area contributed by atoms with Crippen LogP contribution >= 0.6 is 0 Å². The van der Waals surface area contributed by atoms with E-state index in [1.807, 2.05) is 0 Å². The molecule has 18 heavy (non-hydrogen) atoms. The van der Waals surface area contributed by atoms with Crippen molar-refractivity contribution in [2.45, 2.75) is 11.4 Å². The molecule has 7 nitrogen and oxygen atoms in total. The molecule has 0 aromatic carbocycles. The predicted molar refractivity (Wildman–Crippen MR) is 66.1 cm³/mol. The van der Waals surface area contributed by atoms with Gasteiger partial charge in [-0.2, -0.15) is 0 Å². The maximum atomic E-state index is 11.9. The van der Waals surface area contributed by atoms with Crippen LogP contribution in [0.3, 0.4) is 0 Å². The first-order chi connectivity index (χ1) is 8.59. The van der Waals surface area contributed by atoms with Gasteiger partial charge in [0.15, 0.2) is 0 Å². The highest BCUT2D eigenvalue weighted by atomic mass is 32.2. The summed E-state index contributed by atoms with van der Waals surface area (Å²) in [5.74, 6) is 0. The van der Waals surface area contributed by atoms with Crippen LogP contribution in [-0.2, 0) is 16.6 Å². The van der Waals surface area contributed by atoms with Gasteiger partial charge >= 0.3 is 0 Å². The molecule has 2 rings (SSSR count). The van der Waals surface area contributed by atoms with Crippen molar-refractivity contribution in [1.82, 2.24) is 19.3 Å². The van der Waals surface area contributed by atoms with Crippen molar-refractivity contribution >= 4 is 15.7 Å². The van der Waals surface area contributed by atoms with Crippen molar-refractivity contribution in [2.24, 2.45) is 0 Å². The lowest BCUT2D eigenvalue weighted by Gasteiger charge is -2.08. The van der Waals surface area contributed by atoms with E-state index in [0.717, 1.165) is 0 Å². The van der Waals surface area contributed by atoms with E-state index in [1.165, 1.54) is 18.5 Å². The van der Waals surface area contributed by atoms with Crippen molar-refractivity contribution < 1.29 is 8.42 Å². The number of hydrogen-bond donors (Lipinski definition) is 2. The first-order valence-electron chi connectivity index (χ1n) is 5.24. The Morgan fingerprint density at radius 2 is 2.17 bits per heavy atom. The minimum absolute atomic E-state index is 0.00405. The van der Waals surface area contributed by atoms with Crippen LogP contribution in [-0.4, -0.2) is 29.5 Å². The second-order valence-electron chi connectivity index (χ2n) is 3.61. The number of nitrogens with one attached hydrogen (secondary N) is 1. The summed E-state index contributed by atoms with van der Waals surface area (Å²) in [4.78, 5) is 7.62. The third-order valence-corrected chi connectivity index (χ3v) is 3.83. The average molecular weight is 267 g/mol. The number of pyridine rings is 1. The van der Waals surface area contributed by atoms with Gasteiger partial charge in [-0.05, 0) is 6.07 Å². The molecule has 0 aliphatic rings. The Bertz CT molecular complexity index is 609. The highest BCUT2D eigenvalue weighted by Gasteiger charge is 2.16. The minimum Gasteiger partial charge on any atom is -0.398 e. The summed E-state index contributed by atoms with van der Waals surface area (Å²) in [6.45, 7) is 0.756. The molecular weight excluding hydrogens is 254 g/mol. The Hall–Kier alpha value is -1.93. The summed E-state index contributed by atoms with van der Waals surface area (Å²) < 4.78 is 28.1. The molecule has 0 aliphatic carbocycles. The second-order valence-corrected chi connectivity index (χ2v) is 5.35. The van der Waals surface area contributed by atoms with Crippen molar-refractivity contribution in [3.63, 3.8) is 0 Å². The van der Waals surface area contributed by atoms with E-state index in [0.29, 0.717) is 6.54 Å². The fourth-order valence-corrected chi connectivity index (χ4v) is 2.51. The van der Waals surface area contributed by atoms with E-state index >= 15 is 0 Å². The number of rotatable bonds is 5. The van der Waals surface area contributed by atoms with Crippen molar-refractivity contribution in [2.75, 3.05) is 12.3 Å². The quantitative estimate of drug-likeness (QED) is 0.783. The molecule has 0 spiro atoms. The number of anilines is 1. The molecule has 0 fully saturated rings. The van der Waals surface area contributed by atoms with Gasteiger partial charge in [0.1, 0.15) is 4.90 Å². The third-order valence-electron chi connectivity index (χ3n) is 2.33. The lowest BCUT2D eigenvalue weighted by atomic mass is 10.4. The van der Waals surface area contributed by atoms with E-state index in [1.54, 1.807) is 23.3 Å². The molecular formula is C10H13N5O2S. The highest BCUT2D eigenvalue weighted by Crippen LogP contribution is 2.14. The molecule has 0 radical (unpaired) electrons. The van der Waals surface area contributed by atoms with Crippen LogP contribution < -0.4 is 10.5 Å². The molecule has 0 saturated carbocycles. The van der Waals surface area contributed by atoms with E-state index in [-0.39, 0.29) is 17.1 Å². The molecule has 0 bridgehead atoms. The molecule has 2 heterocycles. The largest absolute Gasteiger partial charge is 0.398 e. The van der Waals surface area contributed by atoms with Gasteiger partial charge in [-0.15, -0.1) is 0 Å². The number of nitrogens with two attached hydrogens (primary N) is 1. The molecule has 8 heteroatoms. The van der Waals surface area contributed by atoms with Crippen LogP contribution in [0, 0.1) is 0 Å². The van der Waals surface area contributed by atoms with Crippen molar-refractivity contribution in [3.8, 4) is 0 Å². The van der Waals surface area contributed by atoms with Crippen LogP contribution in [0.15, 0.2) is 42.1 Å². The summed E-state index contributed by atoms with van der Waals surface area (Å²) in [6.07, 6.45) is 7.68. The van der Waals surface area contributed by atoms with Crippen molar-refractivity contribution in [3.05, 3.63) is 37.2 Å². The van der Waals surface area contributed by atoms with Crippen LogP contribution in [0.4, 0.5) is 5.69 Å². The van der Waals surface area contributed by atoms with Gasteiger partial charge in [0.25, 0.3) is 0 Å². The Labute approximate surface area is 105 Å². The summed E-state index contributed by atoms with van der Waals surface area (Å²) in [5.41, 5.74) is 5.78. The van der Waals surface area contributed by atoms with Gasteiger partial charge in [-0.1, -0.05) is 0 Å². The molecule has 2 aromatic heterocycles. The van der Waals surface area contributed by atoms with Gasteiger partial charge < -0.3 is 10.3 Å². The smallest absolute Gasteiger partial charge is 0.244 e. The van der Waals surface area contributed by atoms with E-state index in [4.69, 9.17) is 5.73 Å². The number of aromatic nitrogens is 3. The standard InChI is InChI=1S/C10H13N5O2S/c11-9-1-2-12-7-10(9)18(16,17)14-4-6-15-5-3-13-8-15/h1-3,5,7-8,14H,4,6H2,(H2,11,12). The zero-order valence-corrected chi connectivity index (χ0v) is 10.3. The summed E-state index contributed by atoms with van der Waals surface area (Å²) in [7, 11) is -3.62. The normalized spacial score (nSPS) is 11.6. The minimum atomic E-state index is -3.62. The van der Waals surface area contributed by atoms with Crippen LogP contribution in [0.2, 0.25) is 0 Å². The van der Waals surface area contributed by atoms with E-state index < -0.39 is 10.0 Å². The Kier molecular flexibility index (Phi) is 3.58. The van der Waals surface area contributed by atoms with Gasteiger partial charge in [0, 0.05) is 37.9 Å². The first kappa shape index (κ1) is 12.5. The maximum absolute atomic E-state index is 11.9. The summed E-state index contributed by atoms with van der Waals surface area (Å²) in [6, 6.07) is 1.45. The number of hydrogen-bond acceptors (Lipinski definition) is 5. The predicted octanol–water partition coefficient (Wildman–Crippen LogP) is -0.161. The summed E-state index contributed by atoms with van der Waals surface area (Å²) in [5, 5.41) is 0. The molecule has 96 valence electrons. The highest BCUT2D eigenvalue weighted by molar-refractivity contribution is 7.89. The van der Waals surface area contributed by atoms with E-state index in [2.05, 4.69) is 14.7 Å². The molecule has 0 amide bonds.